The van der Waals surface area contributed by atoms with Crippen LogP contribution in [0.1, 0.15) is 0 Å². The van der Waals surface area contributed by atoms with E-state index in [4.69, 9.17) is 0 Å². The number of rotatable bonds is 3. The number of nitrogens with zero attached hydrogens (tertiary/aromatic N) is 7. The van der Waals surface area contributed by atoms with Gasteiger partial charge < -0.3 is 0 Å². The van der Waals surface area contributed by atoms with Crippen LogP contribution in [0.4, 0.5) is 0 Å². The van der Waals surface area contributed by atoms with Crippen molar-refractivity contribution in [2.45, 2.75) is 0 Å². The smallest absolute Gasteiger partial charge is 0.258 e. The molecule has 5 aliphatic rings. The van der Waals surface area contributed by atoms with E-state index in [0.717, 1.165) is 28.6 Å². The van der Waals surface area contributed by atoms with Crippen molar-refractivity contribution in [2.24, 2.45) is 30.1 Å². The Balaban J connectivity index is 1.60. The van der Waals surface area contributed by atoms with Gasteiger partial charge in [-0.05, 0) is 48.4 Å². The zero-order valence-electron chi connectivity index (χ0n) is 14.6. The van der Waals surface area contributed by atoms with Crippen LogP contribution in [0.2, 0.25) is 0 Å². The maximum absolute atomic E-state index is 4.63. The molecule has 28 heavy (non-hydrogen) atoms. The number of fused-ring (bicyclic) bond motifs is 5. The standard InChI is InChI=1S/C19H14N8S/c1-2-7-28-27-17-10-15-6-5-13(22-15)8-12-3-4-14(21-12)9-16-11-20-18(23-16)24-19(27)26-25-17/h2-6,8-11,25H,1,7H2. The van der Waals surface area contributed by atoms with Crippen molar-refractivity contribution in [3.05, 3.63) is 72.4 Å². The molecule has 0 aliphatic carbocycles. The number of aliphatic imine (C=N–C) groups is 5. The molecule has 5 aliphatic heterocycles. The van der Waals surface area contributed by atoms with Gasteiger partial charge >= 0.3 is 0 Å². The van der Waals surface area contributed by atoms with Gasteiger partial charge in [-0.15, -0.1) is 11.7 Å². The number of hydrazone groups is 1. The van der Waals surface area contributed by atoms with Crippen LogP contribution in [0.15, 0.2) is 102 Å². The third-order valence-corrected chi connectivity index (χ3v) is 4.98. The summed E-state index contributed by atoms with van der Waals surface area (Å²) >= 11 is 1.52. The van der Waals surface area contributed by atoms with Crippen LogP contribution < -0.4 is 5.43 Å². The van der Waals surface area contributed by atoms with Gasteiger partial charge in [0, 0.05) is 11.8 Å². The Kier molecular flexibility index (Phi) is 4.06. The molecule has 0 aromatic heterocycles. The van der Waals surface area contributed by atoms with E-state index in [0.29, 0.717) is 23.4 Å². The van der Waals surface area contributed by atoms with Crippen molar-refractivity contribution in [3.63, 3.8) is 0 Å². The van der Waals surface area contributed by atoms with E-state index in [-0.39, 0.29) is 0 Å². The largest absolute Gasteiger partial charge is 0.262 e. The summed E-state index contributed by atoms with van der Waals surface area (Å²) in [5, 5.41) is 4.31. The predicted molar refractivity (Wildman–Crippen MR) is 116 cm³/mol. The average molecular weight is 386 g/mol. The lowest BCUT2D eigenvalue weighted by Gasteiger charge is -2.16. The molecule has 0 fully saturated rings. The van der Waals surface area contributed by atoms with E-state index < -0.39 is 0 Å². The zero-order chi connectivity index (χ0) is 18.9. The topological polar surface area (TPSA) is 89.4 Å². The van der Waals surface area contributed by atoms with Crippen LogP contribution >= 0.6 is 11.9 Å². The van der Waals surface area contributed by atoms with E-state index in [9.17, 15) is 0 Å². The third kappa shape index (κ3) is 3.23. The van der Waals surface area contributed by atoms with Crippen molar-refractivity contribution in [1.82, 2.24) is 9.73 Å². The van der Waals surface area contributed by atoms with Crippen LogP contribution in [0.5, 0.6) is 0 Å². The van der Waals surface area contributed by atoms with Crippen molar-refractivity contribution >= 4 is 47.2 Å². The highest BCUT2D eigenvalue weighted by atomic mass is 32.2. The molecule has 0 aromatic carbocycles. The lowest BCUT2D eigenvalue weighted by atomic mass is 10.3. The molecule has 9 heteroatoms. The van der Waals surface area contributed by atoms with Gasteiger partial charge in [0.1, 0.15) is 5.82 Å². The molecule has 8 bridgehead atoms. The molecule has 0 radical (unpaired) electrons. The van der Waals surface area contributed by atoms with Crippen molar-refractivity contribution in [2.75, 3.05) is 5.75 Å². The van der Waals surface area contributed by atoms with Crippen LogP contribution in [0, 0.1) is 0 Å². The van der Waals surface area contributed by atoms with Crippen LogP contribution in [0.25, 0.3) is 0 Å². The summed E-state index contributed by atoms with van der Waals surface area (Å²) in [4.78, 5) is 22.4. The van der Waals surface area contributed by atoms with Crippen molar-refractivity contribution < 1.29 is 0 Å². The third-order valence-electron chi connectivity index (χ3n) is 3.98. The Morgan fingerprint density at radius 1 is 0.929 bits per heavy atom. The molecule has 0 unspecified atom stereocenters. The minimum Gasteiger partial charge on any atom is -0.258 e. The number of guanidine groups is 2. The first-order chi connectivity index (χ1) is 13.8. The molecule has 0 atom stereocenters. The molecular weight excluding hydrogens is 372 g/mol. The van der Waals surface area contributed by atoms with E-state index in [2.05, 4.69) is 42.1 Å². The van der Waals surface area contributed by atoms with Gasteiger partial charge in [0.05, 0.1) is 34.7 Å². The quantitative estimate of drug-likeness (QED) is 0.597. The van der Waals surface area contributed by atoms with Gasteiger partial charge in [-0.1, -0.05) is 6.08 Å². The first-order valence-corrected chi connectivity index (χ1v) is 9.49. The van der Waals surface area contributed by atoms with Gasteiger partial charge in [0.15, 0.2) is 0 Å². The number of hydrogen-bond donors (Lipinski definition) is 1. The normalized spacial score (nSPS) is 21.4. The second kappa shape index (κ2) is 6.86. The summed E-state index contributed by atoms with van der Waals surface area (Å²) in [5.74, 6) is 2.27. The summed E-state index contributed by atoms with van der Waals surface area (Å²) in [6, 6.07) is 0. The fraction of sp³-hybridized carbons (Fsp3) is 0.0526. The maximum Gasteiger partial charge on any atom is 0.262 e. The first kappa shape index (κ1) is 16.6. The number of hydrogen-bond acceptors (Lipinski definition) is 9. The Hall–Kier alpha value is -3.59. The van der Waals surface area contributed by atoms with Gasteiger partial charge in [0.2, 0.25) is 0 Å². The van der Waals surface area contributed by atoms with E-state index in [1.807, 2.05) is 52.9 Å². The van der Waals surface area contributed by atoms with Gasteiger partial charge in [-0.3, -0.25) is 5.43 Å². The average Bonchev–Trinajstić information content (AvgIpc) is 3.46. The van der Waals surface area contributed by atoms with Crippen molar-refractivity contribution in [3.8, 4) is 0 Å². The summed E-state index contributed by atoms with van der Waals surface area (Å²) < 4.78 is 1.88. The Labute approximate surface area is 165 Å². The second-order valence-electron chi connectivity index (χ2n) is 6.02. The maximum atomic E-state index is 4.63. The van der Waals surface area contributed by atoms with E-state index >= 15 is 0 Å². The van der Waals surface area contributed by atoms with E-state index in [1.54, 1.807) is 6.21 Å². The molecule has 1 N–H and O–H groups in total. The highest BCUT2D eigenvalue weighted by Gasteiger charge is 2.25. The molecule has 0 saturated carbocycles. The van der Waals surface area contributed by atoms with Crippen LogP contribution in [-0.2, 0) is 0 Å². The van der Waals surface area contributed by atoms with Crippen LogP contribution in [-0.4, -0.2) is 45.3 Å². The molecule has 0 saturated heterocycles. The fourth-order valence-electron chi connectivity index (χ4n) is 2.78. The molecule has 0 aromatic rings. The molecular formula is C19H14N8S. The second-order valence-corrected chi connectivity index (χ2v) is 6.97. The van der Waals surface area contributed by atoms with Gasteiger partial charge in [0.25, 0.3) is 11.9 Å². The summed E-state index contributed by atoms with van der Waals surface area (Å²) in [6.45, 7) is 3.78. The first-order valence-electron chi connectivity index (χ1n) is 8.54. The van der Waals surface area contributed by atoms with Crippen molar-refractivity contribution in [1.29, 1.82) is 0 Å². The Morgan fingerprint density at radius 2 is 1.68 bits per heavy atom. The molecule has 5 heterocycles. The minimum atomic E-state index is 0.344. The molecule has 0 spiro atoms. The predicted octanol–water partition coefficient (Wildman–Crippen LogP) is 2.52. The number of allylic oxidation sites excluding steroid dienone is 7. The summed E-state index contributed by atoms with van der Waals surface area (Å²) in [5.41, 5.74) is 7.00. The zero-order valence-corrected chi connectivity index (χ0v) is 15.5. The van der Waals surface area contributed by atoms with Crippen LogP contribution in [0.3, 0.4) is 0 Å². The molecule has 5 rings (SSSR count). The minimum absolute atomic E-state index is 0.344. The fourth-order valence-corrected chi connectivity index (χ4v) is 3.47. The SMILES string of the molecule is C=CCSN1C2=CC3=NC(=CC4=NC(=CC5=NC(=NC1=NN2)N=C5)C=C4)C=C3. The molecule has 0 amide bonds. The van der Waals surface area contributed by atoms with E-state index in [1.165, 1.54) is 11.9 Å². The number of nitrogens with one attached hydrogen (secondary N) is 1. The Morgan fingerprint density at radius 3 is 2.46 bits per heavy atom. The van der Waals surface area contributed by atoms with Gasteiger partial charge in [-0.25, -0.2) is 24.3 Å². The highest BCUT2D eigenvalue weighted by Crippen LogP contribution is 2.24. The molecule has 8 nitrogen and oxygen atoms in total. The summed E-state index contributed by atoms with van der Waals surface area (Å²) in [7, 11) is 0. The lowest BCUT2D eigenvalue weighted by Crippen LogP contribution is -2.21. The highest BCUT2D eigenvalue weighted by molar-refractivity contribution is 7.97. The monoisotopic (exact) mass is 386 g/mol. The Bertz CT molecular complexity index is 1100. The lowest BCUT2D eigenvalue weighted by molar-refractivity contribution is 0.775. The molecule has 136 valence electrons. The van der Waals surface area contributed by atoms with Gasteiger partial charge in [-0.2, -0.15) is 4.99 Å². The summed E-state index contributed by atoms with van der Waals surface area (Å²) in [6.07, 6.45) is 17.0.